The summed E-state index contributed by atoms with van der Waals surface area (Å²) in [5.41, 5.74) is 0.372. The first kappa shape index (κ1) is 16.8. The van der Waals surface area contributed by atoms with Crippen molar-refractivity contribution in [1.82, 2.24) is 10.3 Å². The molecule has 0 saturated carbocycles. The van der Waals surface area contributed by atoms with Crippen LogP contribution >= 0.6 is 11.6 Å². The molecule has 1 aromatic heterocycles. The first-order valence-corrected chi connectivity index (χ1v) is 6.84. The van der Waals surface area contributed by atoms with Crippen molar-refractivity contribution >= 4 is 23.5 Å². The molecule has 0 unspecified atom stereocenters. The zero-order chi connectivity index (χ0) is 17.0. The molecular weight excluding hydrogens is 330 g/mol. The zero-order valence-corrected chi connectivity index (χ0v) is 12.3. The van der Waals surface area contributed by atoms with Gasteiger partial charge < -0.3 is 10.4 Å². The fourth-order valence-corrected chi connectivity index (χ4v) is 1.95. The molecular formula is C15H11ClF2N2O3. The topological polar surface area (TPSA) is 79.3 Å². The van der Waals surface area contributed by atoms with Crippen molar-refractivity contribution in [3.63, 3.8) is 0 Å². The maximum atomic E-state index is 13.1. The summed E-state index contributed by atoms with van der Waals surface area (Å²) in [6.07, 6.45) is 1.36. The van der Waals surface area contributed by atoms with E-state index in [4.69, 9.17) is 11.6 Å². The lowest BCUT2D eigenvalue weighted by Gasteiger charge is -2.14. The average molecular weight is 341 g/mol. The highest BCUT2D eigenvalue weighted by molar-refractivity contribution is 6.29. The molecule has 8 heteroatoms. The van der Waals surface area contributed by atoms with Crippen LogP contribution in [0.5, 0.6) is 0 Å². The Bertz CT molecular complexity index is 738. The fraction of sp³-hybridized carbons (Fsp3) is 0.133. The van der Waals surface area contributed by atoms with E-state index in [2.05, 4.69) is 10.3 Å². The number of carboxylic acids is 1. The van der Waals surface area contributed by atoms with Crippen molar-refractivity contribution in [1.29, 1.82) is 0 Å². The zero-order valence-electron chi connectivity index (χ0n) is 11.6. The van der Waals surface area contributed by atoms with Crippen molar-refractivity contribution < 1.29 is 23.5 Å². The second-order valence-corrected chi connectivity index (χ2v) is 5.07. The Morgan fingerprint density at radius 2 is 1.96 bits per heavy atom. The van der Waals surface area contributed by atoms with E-state index in [1.807, 2.05) is 0 Å². The van der Waals surface area contributed by atoms with Gasteiger partial charge in [0.05, 0.1) is 0 Å². The number of carboxylic acid groups (broad SMARTS) is 1. The van der Waals surface area contributed by atoms with Gasteiger partial charge in [0.15, 0.2) is 11.6 Å². The molecule has 5 nitrogen and oxygen atoms in total. The largest absolute Gasteiger partial charge is 0.480 e. The number of hydrogen-bond donors (Lipinski definition) is 2. The summed E-state index contributed by atoms with van der Waals surface area (Å²) in [5, 5.41) is 11.7. The quantitative estimate of drug-likeness (QED) is 0.819. The summed E-state index contributed by atoms with van der Waals surface area (Å²) < 4.78 is 26.0. The molecule has 0 saturated heterocycles. The van der Waals surface area contributed by atoms with Gasteiger partial charge in [-0.3, -0.25) is 4.79 Å². The van der Waals surface area contributed by atoms with E-state index in [0.29, 0.717) is 11.6 Å². The molecule has 2 rings (SSSR count). The maximum absolute atomic E-state index is 13.1. The van der Waals surface area contributed by atoms with Crippen molar-refractivity contribution in [3.05, 3.63) is 64.4 Å². The number of aliphatic carboxylic acids is 1. The van der Waals surface area contributed by atoms with Crippen LogP contribution in [-0.2, 0) is 11.2 Å². The molecule has 0 aliphatic rings. The van der Waals surface area contributed by atoms with Crippen LogP contribution in [0.25, 0.3) is 0 Å². The SMILES string of the molecule is O=C(N[C@H](Cc1ccc(Cl)nc1)C(=O)O)c1ccc(F)c(F)c1. The van der Waals surface area contributed by atoms with E-state index in [9.17, 15) is 23.5 Å². The molecule has 0 fully saturated rings. The van der Waals surface area contributed by atoms with Gasteiger partial charge in [-0.1, -0.05) is 17.7 Å². The average Bonchev–Trinajstić information content (AvgIpc) is 2.51. The highest BCUT2D eigenvalue weighted by Crippen LogP contribution is 2.11. The molecule has 1 aromatic carbocycles. The molecule has 0 radical (unpaired) electrons. The van der Waals surface area contributed by atoms with Crippen LogP contribution < -0.4 is 5.32 Å². The van der Waals surface area contributed by atoms with E-state index >= 15 is 0 Å². The van der Waals surface area contributed by atoms with Gasteiger partial charge in [-0.15, -0.1) is 0 Å². The third-order valence-corrected chi connectivity index (χ3v) is 3.24. The van der Waals surface area contributed by atoms with Gasteiger partial charge in [0.1, 0.15) is 11.2 Å². The predicted octanol–water partition coefficient (Wildman–Crippen LogP) is 2.44. The molecule has 1 atom stereocenters. The second kappa shape index (κ2) is 7.15. The lowest BCUT2D eigenvalue weighted by molar-refractivity contribution is -0.139. The number of nitrogens with zero attached hydrogens (tertiary/aromatic N) is 1. The van der Waals surface area contributed by atoms with Crippen molar-refractivity contribution in [3.8, 4) is 0 Å². The number of amides is 1. The molecule has 2 aromatic rings. The molecule has 23 heavy (non-hydrogen) atoms. The summed E-state index contributed by atoms with van der Waals surface area (Å²) in [6.45, 7) is 0. The van der Waals surface area contributed by atoms with Gasteiger partial charge in [-0.25, -0.2) is 18.6 Å². The first-order chi connectivity index (χ1) is 10.9. The number of aromatic nitrogens is 1. The highest BCUT2D eigenvalue weighted by Gasteiger charge is 2.22. The van der Waals surface area contributed by atoms with E-state index in [0.717, 1.165) is 12.1 Å². The number of nitrogens with one attached hydrogen (secondary N) is 1. The van der Waals surface area contributed by atoms with Crippen LogP contribution in [0.3, 0.4) is 0 Å². The molecule has 120 valence electrons. The van der Waals surface area contributed by atoms with Crippen molar-refractivity contribution in [2.45, 2.75) is 12.5 Å². The molecule has 2 N–H and O–H groups in total. The van der Waals surface area contributed by atoms with Crippen LogP contribution in [0.15, 0.2) is 36.5 Å². The van der Waals surface area contributed by atoms with Gasteiger partial charge in [-0.05, 0) is 29.8 Å². The van der Waals surface area contributed by atoms with Crippen molar-refractivity contribution in [2.75, 3.05) is 0 Å². The van der Waals surface area contributed by atoms with Crippen molar-refractivity contribution in [2.24, 2.45) is 0 Å². The standard InChI is InChI=1S/C15H11ClF2N2O3/c16-13-4-1-8(7-19-13)5-12(15(22)23)20-14(21)9-2-3-10(17)11(18)6-9/h1-4,6-7,12H,5H2,(H,20,21)(H,22,23)/t12-/m1/s1. The Morgan fingerprint density at radius 3 is 2.52 bits per heavy atom. The van der Waals surface area contributed by atoms with E-state index in [1.165, 1.54) is 12.3 Å². The van der Waals surface area contributed by atoms with Crippen LogP contribution in [0.4, 0.5) is 8.78 Å². The predicted molar refractivity (Wildman–Crippen MR) is 78.2 cm³/mol. The van der Waals surface area contributed by atoms with Gasteiger partial charge >= 0.3 is 5.97 Å². The second-order valence-electron chi connectivity index (χ2n) is 4.69. The van der Waals surface area contributed by atoms with Crippen LogP contribution in [0.2, 0.25) is 5.15 Å². The van der Waals surface area contributed by atoms with E-state index in [1.54, 1.807) is 6.07 Å². The third kappa shape index (κ3) is 4.46. The summed E-state index contributed by atoms with van der Waals surface area (Å²) >= 11 is 5.64. The molecule has 0 aliphatic carbocycles. The Morgan fingerprint density at radius 1 is 1.22 bits per heavy atom. The lowest BCUT2D eigenvalue weighted by Crippen LogP contribution is -2.42. The smallest absolute Gasteiger partial charge is 0.326 e. The molecule has 0 aliphatic heterocycles. The molecule has 1 heterocycles. The minimum Gasteiger partial charge on any atom is -0.480 e. The lowest BCUT2D eigenvalue weighted by atomic mass is 10.1. The van der Waals surface area contributed by atoms with Crippen LogP contribution in [0.1, 0.15) is 15.9 Å². The van der Waals surface area contributed by atoms with E-state index < -0.39 is 29.6 Å². The van der Waals surface area contributed by atoms with Gasteiger partial charge in [0.2, 0.25) is 0 Å². The Hall–Kier alpha value is -2.54. The van der Waals surface area contributed by atoms with E-state index in [-0.39, 0.29) is 17.1 Å². The number of hydrogen-bond acceptors (Lipinski definition) is 3. The van der Waals surface area contributed by atoms with Crippen LogP contribution in [-0.4, -0.2) is 28.0 Å². The van der Waals surface area contributed by atoms with Crippen LogP contribution in [0, 0.1) is 11.6 Å². The van der Waals surface area contributed by atoms with Gasteiger partial charge in [0, 0.05) is 18.2 Å². The summed E-state index contributed by atoms with van der Waals surface area (Å²) in [4.78, 5) is 27.0. The normalized spacial score (nSPS) is 11.8. The first-order valence-electron chi connectivity index (χ1n) is 6.46. The fourth-order valence-electron chi connectivity index (χ4n) is 1.84. The highest BCUT2D eigenvalue weighted by atomic mass is 35.5. The number of carbonyl (C=O) groups excluding carboxylic acids is 1. The molecule has 1 amide bonds. The molecule has 0 spiro atoms. The third-order valence-electron chi connectivity index (χ3n) is 3.01. The number of benzene rings is 1. The summed E-state index contributed by atoms with van der Waals surface area (Å²) in [5.74, 6) is -4.37. The Labute approximate surface area is 134 Å². The Balaban J connectivity index is 2.12. The Kier molecular flexibility index (Phi) is 5.23. The summed E-state index contributed by atoms with van der Waals surface area (Å²) in [7, 11) is 0. The minimum absolute atomic E-state index is 0.0328. The van der Waals surface area contributed by atoms with Gasteiger partial charge in [-0.2, -0.15) is 0 Å². The summed E-state index contributed by atoms with van der Waals surface area (Å²) in [6, 6.07) is 4.38. The number of rotatable bonds is 5. The minimum atomic E-state index is -1.27. The number of carbonyl (C=O) groups is 2. The van der Waals surface area contributed by atoms with Gasteiger partial charge in [0.25, 0.3) is 5.91 Å². The number of pyridine rings is 1. The monoisotopic (exact) mass is 340 g/mol. The number of halogens is 3. The maximum Gasteiger partial charge on any atom is 0.326 e. The molecule has 0 bridgehead atoms.